The summed E-state index contributed by atoms with van der Waals surface area (Å²) in [7, 11) is 2.05. The molecule has 0 aromatic rings. The molecule has 0 aromatic heterocycles. The van der Waals surface area contributed by atoms with Gasteiger partial charge in [-0.25, -0.2) is 0 Å². The van der Waals surface area contributed by atoms with Crippen LogP contribution in [0.3, 0.4) is 0 Å². The topological polar surface area (TPSA) is 15.3 Å². The Labute approximate surface area is 89.1 Å². The van der Waals surface area contributed by atoms with Gasteiger partial charge < -0.3 is 10.2 Å². The van der Waals surface area contributed by atoms with E-state index >= 15 is 0 Å². The number of rotatable bonds is 4. The van der Waals surface area contributed by atoms with Gasteiger partial charge in [-0.05, 0) is 52.6 Å². The molecule has 1 heterocycles. The van der Waals surface area contributed by atoms with Crippen LogP contribution in [-0.2, 0) is 0 Å². The lowest BCUT2D eigenvalue weighted by Crippen LogP contribution is -2.42. The molecule has 0 aliphatic carbocycles. The Bertz CT molecular complexity index is 158. The van der Waals surface area contributed by atoms with Crippen molar-refractivity contribution < 1.29 is 0 Å². The predicted molar refractivity (Wildman–Crippen MR) is 62.6 cm³/mol. The molecule has 1 aliphatic heterocycles. The molecule has 2 heteroatoms. The number of hydrogen-bond donors (Lipinski definition) is 1. The van der Waals surface area contributed by atoms with E-state index in [1.54, 1.807) is 0 Å². The van der Waals surface area contributed by atoms with E-state index in [2.05, 4.69) is 31.0 Å². The first-order valence-electron chi connectivity index (χ1n) is 6.04. The van der Waals surface area contributed by atoms with Crippen molar-refractivity contribution in [1.82, 2.24) is 10.2 Å². The van der Waals surface area contributed by atoms with Gasteiger partial charge in [0.2, 0.25) is 0 Å². The summed E-state index contributed by atoms with van der Waals surface area (Å²) in [5.41, 5.74) is 0. The summed E-state index contributed by atoms with van der Waals surface area (Å²) in [6.45, 7) is 9.57. The summed E-state index contributed by atoms with van der Waals surface area (Å²) in [4.78, 5) is 2.65. The third-order valence-corrected chi connectivity index (χ3v) is 3.59. The van der Waals surface area contributed by atoms with Crippen LogP contribution in [0, 0.1) is 5.92 Å². The number of nitrogens with zero attached hydrogens (tertiary/aromatic N) is 1. The molecule has 0 amide bonds. The van der Waals surface area contributed by atoms with Crippen molar-refractivity contribution in [2.45, 2.75) is 52.1 Å². The van der Waals surface area contributed by atoms with Crippen LogP contribution >= 0.6 is 0 Å². The third-order valence-electron chi connectivity index (χ3n) is 3.59. The molecule has 1 rings (SSSR count). The van der Waals surface area contributed by atoms with Crippen LogP contribution in [0.25, 0.3) is 0 Å². The first-order valence-corrected chi connectivity index (χ1v) is 6.04. The summed E-state index contributed by atoms with van der Waals surface area (Å²) < 4.78 is 0. The maximum Gasteiger partial charge on any atom is 0.00671 e. The highest BCUT2D eigenvalue weighted by molar-refractivity contribution is 4.77. The van der Waals surface area contributed by atoms with E-state index in [0.29, 0.717) is 6.04 Å². The van der Waals surface area contributed by atoms with E-state index in [1.807, 2.05) is 7.05 Å². The molecular formula is C12H26N2. The lowest BCUT2D eigenvalue weighted by Gasteiger charge is -2.37. The molecular weight excluding hydrogens is 172 g/mol. The van der Waals surface area contributed by atoms with Crippen molar-refractivity contribution in [1.29, 1.82) is 0 Å². The molecule has 1 saturated heterocycles. The van der Waals surface area contributed by atoms with Crippen LogP contribution in [0.15, 0.2) is 0 Å². The molecule has 0 bridgehead atoms. The van der Waals surface area contributed by atoms with Crippen LogP contribution in [-0.4, -0.2) is 37.1 Å². The number of hydrogen-bond acceptors (Lipinski definition) is 2. The number of likely N-dealkylation sites (tertiary alicyclic amines) is 1. The van der Waals surface area contributed by atoms with Gasteiger partial charge in [-0.1, -0.05) is 6.92 Å². The van der Waals surface area contributed by atoms with Gasteiger partial charge in [-0.2, -0.15) is 0 Å². The highest BCUT2D eigenvalue weighted by Crippen LogP contribution is 2.21. The summed E-state index contributed by atoms with van der Waals surface area (Å²) in [6, 6.07) is 1.45. The number of piperidine rings is 1. The highest BCUT2D eigenvalue weighted by Gasteiger charge is 2.22. The van der Waals surface area contributed by atoms with Crippen molar-refractivity contribution >= 4 is 0 Å². The van der Waals surface area contributed by atoms with Gasteiger partial charge in [0.05, 0.1) is 0 Å². The summed E-state index contributed by atoms with van der Waals surface area (Å²) in [5.74, 6) is 0.899. The normalized spacial score (nSPS) is 31.7. The Balaban J connectivity index is 2.27. The second-order valence-corrected chi connectivity index (χ2v) is 5.00. The van der Waals surface area contributed by atoms with Gasteiger partial charge in [0.1, 0.15) is 0 Å². The molecule has 1 N–H and O–H groups in total. The van der Waals surface area contributed by atoms with E-state index < -0.39 is 0 Å². The minimum atomic E-state index is 0.652. The zero-order valence-electron chi connectivity index (χ0n) is 10.2. The Kier molecular flexibility index (Phi) is 4.90. The lowest BCUT2D eigenvalue weighted by molar-refractivity contribution is 0.120. The largest absolute Gasteiger partial charge is 0.317 e. The van der Waals surface area contributed by atoms with Crippen LogP contribution in [0.1, 0.15) is 40.0 Å². The molecule has 0 radical (unpaired) electrons. The average Bonchev–Trinajstić information content (AvgIpc) is 2.19. The van der Waals surface area contributed by atoms with Crippen molar-refractivity contribution in [3.8, 4) is 0 Å². The van der Waals surface area contributed by atoms with E-state index in [4.69, 9.17) is 0 Å². The van der Waals surface area contributed by atoms with Crippen LogP contribution < -0.4 is 5.32 Å². The summed E-state index contributed by atoms with van der Waals surface area (Å²) in [5, 5.41) is 3.30. The monoisotopic (exact) mass is 198 g/mol. The maximum atomic E-state index is 3.30. The fraction of sp³-hybridized carbons (Fsp3) is 1.00. The second kappa shape index (κ2) is 5.72. The van der Waals surface area contributed by atoms with Gasteiger partial charge in [-0.15, -0.1) is 0 Å². The fourth-order valence-corrected chi connectivity index (χ4v) is 2.20. The Morgan fingerprint density at radius 2 is 2.07 bits per heavy atom. The second-order valence-electron chi connectivity index (χ2n) is 5.00. The SMILES string of the molecule is CNC(C)CCN1CC(C)CCC1C. The molecule has 0 spiro atoms. The Hall–Kier alpha value is -0.0800. The van der Waals surface area contributed by atoms with Gasteiger partial charge >= 0.3 is 0 Å². The predicted octanol–water partition coefficient (Wildman–Crippen LogP) is 2.10. The minimum absolute atomic E-state index is 0.652. The van der Waals surface area contributed by atoms with Gasteiger partial charge in [0.25, 0.3) is 0 Å². The van der Waals surface area contributed by atoms with E-state index in [9.17, 15) is 0 Å². The lowest BCUT2D eigenvalue weighted by atomic mass is 9.95. The summed E-state index contributed by atoms with van der Waals surface area (Å²) >= 11 is 0. The fourth-order valence-electron chi connectivity index (χ4n) is 2.20. The molecule has 0 saturated carbocycles. The molecule has 1 aliphatic rings. The first kappa shape index (κ1) is 12.0. The molecule has 14 heavy (non-hydrogen) atoms. The number of nitrogens with one attached hydrogen (secondary N) is 1. The summed E-state index contributed by atoms with van der Waals surface area (Å²) in [6.07, 6.45) is 4.07. The minimum Gasteiger partial charge on any atom is -0.317 e. The van der Waals surface area contributed by atoms with Crippen molar-refractivity contribution in [2.24, 2.45) is 5.92 Å². The molecule has 0 aromatic carbocycles. The van der Waals surface area contributed by atoms with Crippen LogP contribution in [0.2, 0.25) is 0 Å². The Morgan fingerprint density at radius 1 is 1.36 bits per heavy atom. The quantitative estimate of drug-likeness (QED) is 0.744. The average molecular weight is 198 g/mol. The van der Waals surface area contributed by atoms with Gasteiger partial charge in [0, 0.05) is 18.6 Å². The van der Waals surface area contributed by atoms with Crippen molar-refractivity contribution in [3.63, 3.8) is 0 Å². The zero-order chi connectivity index (χ0) is 10.6. The van der Waals surface area contributed by atoms with E-state index in [0.717, 1.165) is 12.0 Å². The van der Waals surface area contributed by atoms with Gasteiger partial charge in [0.15, 0.2) is 0 Å². The van der Waals surface area contributed by atoms with Crippen LogP contribution in [0.4, 0.5) is 0 Å². The van der Waals surface area contributed by atoms with Gasteiger partial charge in [-0.3, -0.25) is 0 Å². The molecule has 84 valence electrons. The van der Waals surface area contributed by atoms with Crippen molar-refractivity contribution in [3.05, 3.63) is 0 Å². The first-order chi connectivity index (χ1) is 6.63. The molecule has 3 atom stereocenters. The van der Waals surface area contributed by atoms with Crippen molar-refractivity contribution in [2.75, 3.05) is 20.1 Å². The molecule has 2 nitrogen and oxygen atoms in total. The Morgan fingerprint density at radius 3 is 2.71 bits per heavy atom. The zero-order valence-corrected chi connectivity index (χ0v) is 10.2. The van der Waals surface area contributed by atoms with E-state index in [1.165, 1.54) is 32.4 Å². The maximum absolute atomic E-state index is 3.30. The third kappa shape index (κ3) is 3.58. The van der Waals surface area contributed by atoms with Crippen LogP contribution in [0.5, 0.6) is 0 Å². The molecule has 1 fully saturated rings. The standard InChI is InChI=1S/C12H26N2/c1-10-5-6-12(3)14(9-10)8-7-11(2)13-4/h10-13H,5-9H2,1-4H3. The highest BCUT2D eigenvalue weighted by atomic mass is 15.2. The molecule has 3 unspecified atom stereocenters. The van der Waals surface area contributed by atoms with E-state index in [-0.39, 0.29) is 0 Å². The smallest absolute Gasteiger partial charge is 0.00671 e.